The second kappa shape index (κ2) is 7.22. The van der Waals surface area contributed by atoms with E-state index in [-0.39, 0.29) is 11.9 Å². The molecule has 0 N–H and O–H groups in total. The molecule has 7 nitrogen and oxygen atoms in total. The molecule has 2 aromatic heterocycles. The summed E-state index contributed by atoms with van der Waals surface area (Å²) in [6.07, 6.45) is 3.23. The van der Waals surface area contributed by atoms with Gasteiger partial charge in [0.1, 0.15) is 11.3 Å². The van der Waals surface area contributed by atoms with Crippen LogP contribution in [0.5, 0.6) is 0 Å². The zero-order valence-electron chi connectivity index (χ0n) is 15.0. The molecule has 0 atom stereocenters. The van der Waals surface area contributed by atoms with Crippen molar-refractivity contribution in [3.8, 4) is 11.3 Å². The summed E-state index contributed by atoms with van der Waals surface area (Å²) in [5, 5.41) is 4.58. The standard InChI is InChI=1S/C19H20FN5O2/c1-2-27-19(26)24-11-9-23(10-12-24)18-17-13-16(22-25(17)8-7-21-18)14-3-5-15(20)6-4-14/h3-8,13H,2,9-12H2,1H3. The molecule has 8 heteroatoms. The van der Waals surface area contributed by atoms with Crippen molar-refractivity contribution < 1.29 is 13.9 Å². The summed E-state index contributed by atoms with van der Waals surface area (Å²) in [5.74, 6) is 0.547. The third-order valence-corrected chi connectivity index (χ3v) is 4.61. The molecule has 0 radical (unpaired) electrons. The first kappa shape index (κ1) is 17.3. The summed E-state index contributed by atoms with van der Waals surface area (Å²) in [6.45, 7) is 4.69. The summed E-state index contributed by atoms with van der Waals surface area (Å²) in [7, 11) is 0. The van der Waals surface area contributed by atoms with Crippen molar-refractivity contribution >= 4 is 17.4 Å². The number of hydrogen-bond donors (Lipinski definition) is 0. The number of carbonyl (C=O) groups is 1. The lowest BCUT2D eigenvalue weighted by molar-refractivity contribution is 0.105. The zero-order chi connectivity index (χ0) is 18.8. The van der Waals surface area contributed by atoms with E-state index in [1.165, 1.54) is 12.1 Å². The summed E-state index contributed by atoms with van der Waals surface area (Å²) in [6, 6.07) is 8.22. The van der Waals surface area contributed by atoms with Crippen LogP contribution in [-0.2, 0) is 4.74 Å². The van der Waals surface area contributed by atoms with Crippen molar-refractivity contribution in [2.45, 2.75) is 6.92 Å². The van der Waals surface area contributed by atoms with E-state index >= 15 is 0 Å². The predicted octanol–water partition coefficient (Wildman–Crippen LogP) is 2.81. The van der Waals surface area contributed by atoms with Gasteiger partial charge in [0.2, 0.25) is 0 Å². The summed E-state index contributed by atoms with van der Waals surface area (Å²) in [4.78, 5) is 20.2. The van der Waals surface area contributed by atoms with E-state index in [4.69, 9.17) is 4.74 Å². The number of amides is 1. The Bertz CT molecular complexity index is 948. The minimum Gasteiger partial charge on any atom is -0.450 e. The first-order valence-electron chi connectivity index (χ1n) is 8.92. The number of piperazine rings is 1. The highest BCUT2D eigenvalue weighted by molar-refractivity contribution is 5.75. The van der Waals surface area contributed by atoms with Crippen molar-refractivity contribution in [1.29, 1.82) is 0 Å². The maximum atomic E-state index is 13.2. The van der Waals surface area contributed by atoms with E-state index in [2.05, 4.69) is 15.0 Å². The number of anilines is 1. The van der Waals surface area contributed by atoms with Gasteiger partial charge in [-0.2, -0.15) is 5.10 Å². The second-order valence-corrected chi connectivity index (χ2v) is 6.29. The van der Waals surface area contributed by atoms with E-state index in [0.29, 0.717) is 32.8 Å². The molecule has 0 bridgehead atoms. The number of nitrogens with zero attached hydrogens (tertiary/aromatic N) is 5. The van der Waals surface area contributed by atoms with Crippen LogP contribution in [0.25, 0.3) is 16.8 Å². The fraction of sp³-hybridized carbons (Fsp3) is 0.316. The Kier molecular flexibility index (Phi) is 4.62. The first-order chi connectivity index (χ1) is 13.2. The maximum Gasteiger partial charge on any atom is 0.409 e. The molecule has 1 aromatic carbocycles. The van der Waals surface area contributed by atoms with Crippen molar-refractivity contribution in [1.82, 2.24) is 19.5 Å². The molecule has 1 aliphatic rings. The Morgan fingerprint density at radius 1 is 1.19 bits per heavy atom. The summed E-state index contributed by atoms with van der Waals surface area (Å²) < 4.78 is 20.0. The molecule has 1 fully saturated rings. The Hall–Kier alpha value is -3.16. The number of ether oxygens (including phenoxy) is 1. The smallest absolute Gasteiger partial charge is 0.409 e. The molecule has 1 aliphatic heterocycles. The van der Waals surface area contributed by atoms with Gasteiger partial charge in [0.15, 0.2) is 5.82 Å². The molecular weight excluding hydrogens is 349 g/mol. The SMILES string of the molecule is CCOC(=O)N1CCN(c2nccn3nc(-c4ccc(F)cc4)cc23)CC1. The lowest BCUT2D eigenvalue weighted by Gasteiger charge is -2.34. The summed E-state index contributed by atoms with van der Waals surface area (Å²) >= 11 is 0. The predicted molar refractivity (Wildman–Crippen MR) is 99.2 cm³/mol. The molecule has 3 aromatic rings. The van der Waals surface area contributed by atoms with Gasteiger partial charge >= 0.3 is 6.09 Å². The molecule has 1 amide bonds. The fourth-order valence-electron chi connectivity index (χ4n) is 3.23. The highest BCUT2D eigenvalue weighted by Gasteiger charge is 2.24. The molecular formula is C19H20FN5O2. The molecule has 0 saturated carbocycles. The third kappa shape index (κ3) is 3.42. The van der Waals surface area contributed by atoms with Gasteiger partial charge in [-0.3, -0.25) is 0 Å². The van der Waals surface area contributed by atoms with Crippen molar-refractivity contribution in [2.75, 3.05) is 37.7 Å². The Morgan fingerprint density at radius 3 is 2.63 bits per heavy atom. The largest absolute Gasteiger partial charge is 0.450 e. The Labute approximate surface area is 156 Å². The third-order valence-electron chi connectivity index (χ3n) is 4.61. The van der Waals surface area contributed by atoms with Gasteiger partial charge in [0.05, 0.1) is 12.3 Å². The Balaban J connectivity index is 1.58. The molecule has 27 heavy (non-hydrogen) atoms. The van der Waals surface area contributed by atoms with Gasteiger partial charge < -0.3 is 14.5 Å². The van der Waals surface area contributed by atoms with Gasteiger partial charge in [-0.1, -0.05) is 0 Å². The van der Waals surface area contributed by atoms with Gasteiger partial charge in [0, 0.05) is 44.1 Å². The van der Waals surface area contributed by atoms with Crippen molar-refractivity contribution in [3.05, 3.63) is 48.5 Å². The van der Waals surface area contributed by atoms with Gasteiger partial charge in [-0.25, -0.2) is 18.7 Å². The minimum atomic E-state index is -0.274. The summed E-state index contributed by atoms with van der Waals surface area (Å²) in [5.41, 5.74) is 2.48. The highest BCUT2D eigenvalue weighted by atomic mass is 19.1. The van der Waals surface area contributed by atoms with Crippen LogP contribution < -0.4 is 4.90 Å². The van der Waals surface area contributed by atoms with E-state index in [0.717, 1.165) is 22.6 Å². The van der Waals surface area contributed by atoms with Crippen LogP contribution >= 0.6 is 0 Å². The molecule has 140 valence electrons. The van der Waals surface area contributed by atoms with E-state index < -0.39 is 0 Å². The average molecular weight is 369 g/mol. The number of halogens is 1. The number of carbonyl (C=O) groups excluding carboxylic acids is 1. The zero-order valence-corrected chi connectivity index (χ0v) is 15.0. The lowest BCUT2D eigenvalue weighted by Crippen LogP contribution is -2.49. The molecule has 3 heterocycles. The van der Waals surface area contributed by atoms with Gasteiger partial charge in [0.25, 0.3) is 0 Å². The maximum absolute atomic E-state index is 13.2. The van der Waals surface area contributed by atoms with Crippen molar-refractivity contribution in [2.24, 2.45) is 0 Å². The monoisotopic (exact) mass is 369 g/mol. The fourth-order valence-corrected chi connectivity index (χ4v) is 3.23. The number of rotatable bonds is 3. The normalized spacial score (nSPS) is 14.6. The van der Waals surface area contributed by atoms with Crippen LogP contribution in [0.3, 0.4) is 0 Å². The van der Waals surface area contributed by atoms with Crippen LogP contribution in [0, 0.1) is 5.82 Å². The highest BCUT2D eigenvalue weighted by Crippen LogP contribution is 2.26. The van der Waals surface area contributed by atoms with Crippen LogP contribution in [0.1, 0.15) is 6.92 Å². The molecule has 1 saturated heterocycles. The van der Waals surface area contributed by atoms with Gasteiger partial charge in [-0.15, -0.1) is 0 Å². The quantitative estimate of drug-likeness (QED) is 0.710. The van der Waals surface area contributed by atoms with E-state index in [1.54, 1.807) is 40.9 Å². The van der Waals surface area contributed by atoms with Crippen LogP contribution in [0.2, 0.25) is 0 Å². The number of hydrogen-bond acceptors (Lipinski definition) is 5. The first-order valence-corrected chi connectivity index (χ1v) is 8.92. The van der Waals surface area contributed by atoms with Crippen LogP contribution in [-0.4, -0.2) is 58.4 Å². The second-order valence-electron chi connectivity index (χ2n) is 6.29. The number of aromatic nitrogens is 3. The Morgan fingerprint density at radius 2 is 1.93 bits per heavy atom. The lowest BCUT2D eigenvalue weighted by atomic mass is 10.1. The van der Waals surface area contributed by atoms with E-state index in [9.17, 15) is 9.18 Å². The molecule has 0 spiro atoms. The topological polar surface area (TPSA) is 63.0 Å². The molecule has 0 aliphatic carbocycles. The van der Waals surface area contributed by atoms with Crippen molar-refractivity contribution in [3.63, 3.8) is 0 Å². The average Bonchev–Trinajstić information content (AvgIpc) is 3.13. The van der Waals surface area contributed by atoms with Crippen LogP contribution in [0.15, 0.2) is 42.7 Å². The number of benzene rings is 1. The molecule has 0 unspecified atom stereocenters. The van der Waals surface area contributed by atoms with Crippen LogP contribution in [0.4, 0.5) is 15.0 Å². The van der Waals surface area contributed by atoms with Gasteiger partial charge in [-0.05, 0) is 37.3 Å². The van der Waals surface area contributed by atoms with E-state index in [1.807, 2.05) is 6.07 Å². The molecule has 4 rings (SSSR count). The number of fused-ring (bicyclic) bond motifs is 1. The minimum absolute atomic E-state index is 0.272.